The third kappa shape index (κ3) is 6.94. The molecule has 1 aliphatic rings. The van der Waals surface area contributed by atoms with E-state index < -0.39 is 0 Å². The molecule has 1 fully saturated rings. The highest BCUT2D eigenvalue weighted by Gasteiger charge is 2.16. The topological polar surface area (TPSA) is 52.1 Å². The number of benzene rings is 1. The molecule has 2 N–H and O–H groups in total. The Kier molecular flexibility index (Phi) is 9.45. The summed E-state index contributed by atoms with van der Waals surface area (Å²) in [5, 5.41) is 6.76. The molecule has 2 rings (SSSR count). The molecule has 0 bridgehead atoms. The van der Waals surface area contributed by atoms with E-state index in [9.17, 15) is 0 Å². The van der Waals surface area contributed by atoms with Crippen LogP contribution in [0.5, 0.6) is 0 Å². The Morgan fingerprint density at radius 1 is 1.08 bits per heavy atom. The number of piperazine rings is 1. The second-order valence-electron chi connectivity index (χ2n) is 6.68. The molecule has 0 amide bonds. The van der Waals surface area contributed by atoms with Crippen LogP contribution >= 0.6 is 0 Å². The fourth-order valence-corrected chi connectivity index (χ4v) is 3.21. The first kappa shape index (κ1) is 20.7. The molecule has 0 unspecified atom stereocenters. The second kappa shape index (κ2) is 11.9. The third-order valence-corrected chi connectivity index (χ3v) is 4.91. The monoisotopic (exact) mass is 361 g/mol. The standard InChI is InChI=1S/C20H35N5O/c1-4-24-11-13-25(14-12-24)17-19-9-6-5-8-18(19)16-23-20(21-2)22-10-7-15-26-3/h5-6,8-9H,4,7,10-17H2,1-3H3,(H2,21,22,23). The van der Waals surface area contributed by atoms with Crippen molar-refractivity contribution in [2.45, 2.75) is 26.4 Å². The molecule has 146 valence electrons. The number of nitrogens with one attached hydrogen (secondary N) is 2. The molecule has 1 heterocycles. The highest BCUT2D eigenvalue weighted by molar-refractivity contribution is 5.79. The van der Waals surface area contributed by atoms with E-state index in [0.717, 1.165) is 58.3 Å². The Labute approximate surface area is 158 Å². The van der Waals surface area contributed by atoms with E-state index in [4.69, 9.17) is 4.74 Å². The maximum atomic E-state index is 5.08. The minimum Gasteiger partial charge on any atom is -0.385 e. The molecule has 0 atom stereocenters. The van der Waals surface area contributed by atoms with Crippen LogP contribution in [0.15, 0.2) is 29.3 Å². The van der Waals surface area contributed by atoms with Gasteiger partial charge in [0, 0.05) is 66.6 Å². The minimum absolute atomic E-state index is 0.762. The number of methoxy groups -OCH3 is 1. The summed E-state index contributed by atoms with van der Waals surface area (Å²) >= 11 is 0. The first-order chi connectivity index (χ1) is 12.8. The summed E-state index contributed by atoms with van der Waals surface area (Å²) in [6, 6.07) is 8.71. The molecule has 0 aromatic heterocycles. The predicted octanol–water partition coefficient (Wildman–Crippen LogP) is 1.53. The second-order valence-corrected chi connectivity index (χ2v) is 6.68. The lowest BCUT2D eigenvalue weighted by Crippen LogP contribution is -2.45. The van der Waals surface area contributed by atoms with Gasteiger partial charge in [0.05, 0.1) is 0 Å². The Hall–Kier alpha value is -1.63. The summed E-state index contributed by atoms with van der Waals surface area (Å²) in [4.78, 5) is 9.38. The van der Waals surface area contributed by atoms with Gasteiger partial charge in [-0.1, -0.05) is 31.2 Å². The van der Waals surface area contributed by atoms with Crippen molar-refractivity contribution < 1.29 is 4.74 Å². The van der Waals surface area contributed by atoms with Crippen LogP contribution in [-0.2, 0) is 17.8 Å². The van der Waals surface area contributed by atoms with Gasteiger partial charge in [0.15, 0.2) is 5.96 Å². The molecule has 1 aromatic carbocycles. The average Bonchev–Trinajstić information content (AvgIpc) is 2.69. The zero-order valence-corrected chi connectivity index (χ0v) is 16.6. The van der Waals surface area contributed by atoms with E-state index in [1.54, 1.807) is 7.11 Å². The summed E-state index contributed by atoms with van der Waals surface area (Å²) in [5.41, 5.74) is 2.74. The number of likely N-dealkylation sites (N-methyl/N-ethyl adjacent to an activating group) is 1. The smallest absolute Gasteiger partial charge is 0.191 e. The van der Waals surface area contributed by atoms with Gasteiger partial charge in [-0.05, 0) is 24.1 Å². The average molecular weight is 362 g/mol. The Morgan fingerprint density at radius 3 is 2.42 bits per heavy atom. The van der Waals surface area contributed by atoms with Gasteiger partial charge in [-0.25, -0.2) is 0 Å². The molecule has 6 heteroatoms. The van der Waals surface area contributed by atoms with Crippen LogP contribution in [0, 0.1) is 0 Å². The normalized spacial score (nSPS) is 16.7. The van der Waals surface area contributed by atoms with E-state index in [1.165, 1.54) is 24.2 Å². The lowest BCUT2D eigenvalue weighted by Gasteiger charge is -2.34. The van der Waals surface area contributed by atoms with Crippen LogP contribution in [-0.4, -0.2) is 75.8 Å². The summed E-state index contributed by atoms with van der Waals surface area (Å²) in [6.07, 6.45) is 0.970. The zero-order valence-electron chi connectivity index (χ0n) is 16.6. The lowest BCUT2D eigenvalue weighted by atomic mass is 10.1. The molecule has 0 spiro atoms. The molecule has 0 aliphatic carbocycles. The van der Waals surface area contributed by atoms with Crippen LogP contribution < -0.4 is 10.6 Å². The van der Waals surface area contributed by atoms with Gasteiger partial charge in [-0.3, -0.25) is 9.89 Å². The maximum Gasteiger partial charge on any atom is 0.191 e. The van der Waals surface area contributed by atoms with Crippen LogP contribution in [0.1, 0.15) is 24.5 Å². The van der Waals surface area contributed by atoms with Crippen molar-refractivity contribution in [3.63, 3.8) is 0 Å². The van der Waals surface area contributed by atoms with Gasteiger partial charge in [0.1, 0.15) is 0 Å². The van der Waals surface area contributed by atoms with Gasteiger partial charge >= 0.3 is 0 Å². The van der Waals surface area contributed by atoms with Crippen LogP contribution in [0.2, 0.25) is 0 Å². The minimum atomic E-state index is 0.762. The van der Waals surface area contributed by atoms with Crippen molar-refractivity contribution in [3.8, 4) is 0 Å². The predicted molar refractivity (Wildman–Crippen MR) is 109 cm³/mol. The molecule has 6 nitrogen and oxygen atoms in total. The van der Waals surface area contributed by atoms with Gasteiger partial charge in [0.25, 0.3) is 0 Å². The largest absolute Gasteiger partial charge is 0.385 e. The first-order valence-corrected chi connectivity index (χ1v) is 9.71. The van der Waals surface area contributed by atoms with Crippen molar-refractivity contribution in [2.75, 3.05) is 60.0 Å². The van der Waals surface area contributed by atoms with Gasteiger partial charge in [-0.15, -0.1) is 0 Å². The fraction of sp³-hybridized carbons (Fsp3) is 0.650. The summed E-state index contributed by atoms with van der Waals surface area (Å²) in [7, 11) is 3.54. The number of guanidine groups is 1. The number of hydrogen-bond acceptors (Lipinski definition) is 4. The summed E-state index contributed by atoms with van der Waals surface area (Å²) in [6.45, 7) is 11.5. The molecule has 26 heavy (non-hydrogen) atoms. The van der Waals surface area contributed by atoms with Crippen molar-refractivity contribution in [1.82, 2.24) is 20.4 Å². The maximum absolute atomic E-state index is 5.08. The number of ether oxygens (including phenoxy) is 1. The Balaban J connectivity index is 1.84. The van der Waals surface area contributed by atoms with Crippen LogP contribution in [0.25, 0.3) is 0 Å². The SMILES string of the molecule is CCN1CCN(Cc2ccccc2CNC(=NC)NCCCOC)CC1. The number of hydrogen-bond donors (Lipinski definition) is 2. The van der Waals surface area contributed by atoms with Crippen molar-refractivity contribution >= 4 is 5.96 Å². The summed E-state index contributed by atoms with van der Waals surface area (Å²) < 4.78 is 5.08. The fourth-order valence-electron chi connectivity index (χ4n) is 3.21. The van der Waals surface area contributed by atoms with E-state index >= 15 is 0 Å². The molecule has 1 saturated heterocycles. The van der Waals surface area contributed by atoms with E-state index in [2.05, 4.69) is 56.6 Å². The number of aliphatic imine (C=N–C) groups is 1. The molecular weight excluding hydrogens is 326 g/mol. The van der Waals surface area contributed by atoms with Crippen LogP contribution in [0.4, 0.5) is 0 Å². The number of rotatable bonds is 9. The number of nitrogens with zero attached hydrogens (tertiary/aromatic N) is 3. The Morgan fingerprint density at radius 2 is 1.77 bits per heavy atom. The lowest BCUT2D eigenvalue weighted by molar-refractivity contribution is 0.131. The molecule has 0 radical (unpaired) electrons. The summed E-state index contributed by atoms with van der Waals surface area (Å²) in [5.74, 6) is 0.840. The highest BCUT2D eigenvalue weighted by atomic mass is 16.5. The van der Waals surface area contributed by atoms with E-state index in [0.29, 0.717) is 0 Å². The van der Waals surface area contributed by atoms with Crippen molar-refractivity contribution in [1.29, 1.82) is 0 Å². The quantitative estimate of drug-likeness (QED) is 0.397. The molecule has 1 aromatic rings. The van der Waals surface area contributed by atoms with E-state index in [-0.39, 0.29) is 0 Å². The molecular formula is C20H35N5O. The first-order valence-electron chi connectivity index (χ1n) is 9.71. The third-order valence-electron chi connectivity index (χ3n) is 4.91. The van der Waals surface area contributed by atoms with Gasteiger partial charge in [0.2, 0.25) is 0 Å². The van der Waals surface area contributed by atoms with Crippen molar-refractivity contribution in [2.24, 2.45) is 4.99 Å². The Bertz CT molecular complexity index is 541. The van der Waals surface area contributed by atoms with Crippen molar-refractivity contribution in [3.05, 3.63) is 35.4 Å². The molecule has 0 saturated carbocycles. The van der Waals surface area contributed by atoms with E-state index in [1.807, 2.05) is 7.05 Å². The van der Waals surface area contributed by atoms with Gasteiger partial charge in [-0.2, -0.15) is 0 Å². The highest BCUT2D eigenvalue weighted by Crippen LogP contribution is 2.13. The van der Waals surface area contributed by atoms with Gasteiger partial charge < -0.3 is 20.3 Å². The van der Waals surface area contributed by atoms with Crippen LogP contribution in [0.3, 0.4) is 0 Å². The molecule has 1 aliphatic heterocycles. The zero-order chi connectivity index (χ0) is 18.6.